The molecule has 1 aromatic carbocycles. The van der Waals surface area contributed by atoms with Crippen LogP contribution in [0.5, 0.6) is 0 Å². The molecule has 2 amide bonds. The number of hydrogen-bond donors (Lipinski definition) is 1. The van der Waals surface area contributed by atoms with Gasteiger partial charge in [-0.05, 0) is 32.9 Å². The van der Waals surface area contributed by atoms with Crippen molar-refractivity contribution in [3.63, 3.8) is 0 Å². The zero-order valence-electron chi connectivity index (χ0n) is 14.7. The molecule has 0 spiro atoms. The van der Waals surface area contributed by atoms with Crippen LogP contribution in [-0.2, 0) is 9.53 Å². The molecule has 7 heteroatoms. The van der Waals surface area contributed by atoms with Gasteiger partial charge in [-0.2, -0.15) is 0 Å². The summed E-state index contributed by atoms with van der Waals surface area (Å²) in [6, 6.07) is 5.24. The third-order valence-corrected chi connectivity index (χ3v) is 4.96. The van der Waals surface area contributed by atoms with Gasteiger partial charge in [0, 0.05) is 40.9 Å². The van der Waals surface area contributed by atoms with Gasteiger partial charge < -0.3 is 15.0 Å². The van der Waals surface area contributed by atoms with Crippen molar-refractivity contribution in [2.24, 2.45) is 0 Å². The van der Waals surface area contributed by atoms with Gasteiger partial charge in [0.05, 0.1) is 5.69 Å². The third-order valence-electron chi connectivity index (χ3n) is 3.82. The van der Waals surface area contributed by atoms with E-state index in [0.29, 0.717) is 5.75 Å². The van der Waals surface area contributed by atoms with E-state index in [4.69, 9.17) is 4.74 Å². The van der Waals surface area contributed by atoms with Crippen molar-refractivity contribution in [2.75, 3.05) is 17.7 Å². The fourth-order valence-electron chi connectivity index (χ4n) is 2.74. The summed E-state index contributed by atoms with van der Waals surface area (Å²) in [5, 5.41) is 4.63. The molecule has 1 aliphatic rings. The highest BCUT2D eigenvalue weighted by Crippen LogP contribution is 2.39. The van der Waals surface area contributed by atoms with Gasteiger partial charge in [0.1, 0.15) is 11.6 Å². The van der Waals surface area contributed by atoms with Crippen LogP contribution in [0.3, 0.4) is 0 Å². The quantitative estimate of drug-likeness (QED) is 0.847. The predicted octanol–water partition coefficient (Wildman–Crippen LogP) is 3.20. The highest BCUT2D eigenvalue weighted by molar-refractivity contribution is 7.99. The maximum absolute atomic E-state index is 12.9. The van der Waals surface area contributed by atoms with Crippen molar-refractivity contribution in [1.82, 2.24) is 10.3 Å². The molecule has 1 aromatic heterocycles. The minimum absolute atomic E-state index is 0.165. The van der Waals surface area contributed by atoms with E-state index in [-0.39, 0.29) is 5.91 Å². The number of benzene rings is 1. The van der Waals surface area contributed by atoms with Gasteiger partial charge in [-0.25, -0.2) is 4.79 Å². The number of anilines is 1. The highest BCUT2D eigenvalue weighted by Gasteiger charge is 2.32. The minimum Gasteiger partial charge on any atom is -0.444 e. The number of fused-ring (bicyclic) bond motifs is 3. The number of ether oxygens (including phenoxy) is 1. The SMILES string of the molecule is CN1C(=O)[C@@H](NC(=O)OC(C)(C)C)CSc2ccc3cnccc3c21. The van der Waals surface area contributed by atoms with E-state index in [9.17, 15) is 9.59 Å². The number of nitrogens with zero attached hydrogens (tertiary/aromatic N) is 2. The Morgan fingerprint density at radius 3 is 2.84 bits per heavy atom. The number of carbonyl (C=O) groups is 2. The molecule has 1 atom stereocenters. The number of hydrogen-bond acceptors (Lipinski definition) is 5. The standard InChI is InChI=1S/C18H21N3O3S/c1-18(2,3)24-17(23)20-13-10-25-14-6-5-11-9-19-8-7-12(11)15(14)21(4)16(13)22/h5-9,13H,10H2,1-4H3,(H,20,23)/t13-/m0/s1. The van der Waals surface area contributed by atoms with Gasteiger partial charge in [0.2, 0.25) is 5.91 Å². The molecular weight excluding hydrogens is 338 g/mol. The van der Waals surface area contributed by atoms with Gasteiger partial charge in [-0.15, -0.1) is 11.8 Å². The Labute approximate surface area is 150 Å². The number of thioether (sulfide) groups is 1. The first-order valence-electron chi connectivity index (χ1n) is 8.03. The van der Waals surface area contributed by atoms with Crippen molar-refractivity contribution in [3.05, 3.63) is 30.6 Å². The summed E-state index contributed by atoms with van der Waals surface area (Å²) < 4.78 is 5.27. The maximum Gasteiger partial charge on any atom is 0.408 e. The lowest BCUT2D eigenvalue weighted by atomic mass is 10.1. The van der Waals surface area contributed by atoms with Gasteiger partial charge in [0.25, 0.3) is 0 Å². The van der Waals surface area contributed by atoms with Crippen molar-refractivity contribution in [3.8, 4) is 0 Å². The number of alkyl carbamates (subject to hydrolysis) is 1. The third kappa shape index (κ3) is 3.71. The second kappa shape index (κ2) is 6.55. The number of pyridine rings is 1. The smallest absolute Gasteiger partial charge is 0.408 e. The summed E-state index contributed by atoms with van der Waals surface area (Å²) in [5.74, 6) is 0.285. The molecule has 2 aromatic rings. The first kappa shape index (κ1) is 17.5. The summed E-state index contributed by atoms with van der Waals surface area (Å²) >= 11 is 1.55. The Kier molecular flexibility index (Phi) is 4.60. The van der Waals surface area contributed by atoms with E-state index < -0.39 is 17.7 Å². The fourth-order valence-corrected chi connectivity index (χ4v) is 3.86. The Morgan fingerprint density at radius 1 is 1.36 bits per heavy atom. The molecule has 2 heterocycles. The molecule has 0 unspecified atom stereocenters. The lowest BCUT2D eigenvalue weighted by molar-refractivity contribution is -0.119. The molecule has 0 saturated carbocycles. The lowest BCUT2D eigenvalue weighted by Crippen LogP contribution is -2.49. The molecule has 3 rings (SSSR count). The van der Waals surface area contributed by atoms with E-state index in [0.717, 1.165) is 21.4 Å². The van der Waals surface area contributed by atoms with Crippen LogP contribution in [0.25, 0.3) is 10.8 Å². The van der Waals surface area contributed by atoms with Crippen LogP contribution in [0.2, 0.25) is 0 Å². The normalized spacial score (nSPS) is 17.8. The molecular formula is C18H21N3O3S. The van der Waals surface area contributed by atoms with Gasteiger partial charge in [0.15, 0.2) is 0 Å². The number of aromatic nitrogens is 1. The average Bonchev–Trinajstić information content (AvgIpc) is 2.65. The summed E-state index contributed by atoms with van der Waals surface area (Å²) in [6.07, 6.45) is 2.91. The molecule has 1 aliphatic heterocycles. The first-order valence-corrected chi connectivity index (χ1v) is 9.01. The number of rotatable bonds is 1. The summed E-state index contributed by atoms with van der Waals surface area (Å²) in [4.78, 5) is 31.7. The van der Waals surface area contributed by atoms with Crippen LogP contribution in [0, 0.1) is 0 Å². The Morgan fingerprint density at radius 2 is 2.12 bits per heavy atom. The summed E-state index contributed by atoms with van der Waals surface area (Å²) in [6.45, 7) is 5.37. The van der Waals surface area contributed by atoms with Gasteiger partial charge >= 0.3 is 6.09 Å². The summed E-state index contributed by atoms with van der Waals surface area (Å²) in [7, 11) is 1.73. The van der Waals surface area contributed by atoms with Crippen LogP contribution in [0.1, 0.15) is 20.8 Å². The minimum atomic E-state index is -0.644. The lowest BCUT2D eigenvalue weighted by Gasteiger charge is -2.24. The van der Waals surface area contributed by atoms with E-state index in [1.165, 1.54) is 0 Å². The zero-order chi connectivity index (χ0) is 18.2. The molecule has 0 radical (unpaired) electrons. The number of likely N-dealkylation sites (N-methyl/N-ethyl adjacent to an activating group) is 1. The Balaban J connectivity index is 1.89. The second-order valence-electron chi connectivity index (χ2n) is 6.92. The van der Waals surface area contributed by atoms with Crippen LogP contribution in [-0.4, -0.2) is 41.4 Å². The van der Waals surface area contributed by atoms with E-state index in [2.05, 4.69) is 10.3 Å². The van der Waals surface area contributed by atoms with Crippen LogP contribution in [0.4, 0.5) is 10.5 Å². The van der Waals surface area contributed by atoms with E-state index in [1.807, 2.05) is 18.2 Å². The maximum atomic E-state index is 12.9. The van der Waals surface area contributed by atoms with Crippen molar-refractivity contribution >= 4 is 40.2 Å². The van der Waals surface area contributed by atoms with Crippen LogP contribution >= 0.6 is 11.8 Å². The zero-order valence-corrected chi connectivity index (χ0v) is 15.5. The van der Waals surface area contributed by atoms with Crippen LogP contribution in [0.15, 0.2) is 35.5 Å². The number of amides is 2. The highest BCUT2D eigenvalue weighted by atomic mass is 32.2. The molecule has 6 nitrogen and oxygen atoms in total. The van der Waals surface area contributed by atoms with Gasteiger partial charge in [-0.1, -0.05) is 6.07 Å². The molecule has 0 fully saturated rings. The molecule has 0 saturated heterocycles. The topological polar surface area (TPSA) is 71.5 Å². The predicted molar refractivity (Wildman–Crippen MR) is 99.0 cm³/mol. The monoisotopic (exact) mass is 359 g/mol. The first-order chi connectivity index (χ1) is 11.8. The Hall–Kier alpha value is -2.28. The van der Waals surface area contributed by atoms with E-state index >= 15 is 0 Å². The van der Waals surface area contributed by atoms with Gasteiger partial charge in [-0.3, -0.25) is 9.78 Å². The second-order valence-corrected chi connectivity index (χ2v) is 7.98. The average molecular weight is 359 g/mol. The molecule has 1 N–H and O–H groups in total. The Bertz CT molecular complexity index is 832. The summed E-state index contributed by atoms with van der Waals surface area (Å²) in [5.41, 5.74) is 0.242. The molecule has 25 heavy (non-hydrogen) atoms. The molecule has 132 valence electrons. The largest absolute Gasteiger partial charge is 0.444 e. The van der Waals surface area contributed by atoms with Crippen molar-refractivity contribution < 1.29 is 14.3 Å². The van der Waals surface area contributed by atoms with E-state index in [1.54, 1.807) is 56.9 Å². The number of carbonyl (C=O) groups excluding carboxylic acids is 2. The fraction of sp³-hybridized carbons (Fsp3) is 0.389. The van der Waals surface area contributed by atoms with Crippen molar-refractivity contribution in [2.45, 2.75) is 37.3 Å². The molecule has 0 aliphatic carbocycles. The van der Waals surface area contributed by atoms with Crippen LogP contribution < -0.4 is 10.2 Å². The number of nitrogens with one attached hydrogen (secondary N) is 1. The van der Waals surface area contributed by atoms with Crippen molar-refractivity contribution in [1.29, 1.82) is 0 Å². The molecule has 0 bridgehead atoms.